The molecule has 2 fully saturated rings. The molecule has 0 aliphatic carbocycles. The Kier molecular flexibility index (Phi) is 16.2. The molecule has 15 heteroatoms. The molecular formula is C40H41Cl2N5O6S2. The normalized spacial score (nSPS) is 18.8. The number of carbonyl (C=O) groups excluding carboxylic acids is 2. The Balaban J connectivity index is 0.000000258. The van der Waals surface area contributed by atoms with Gasteiger partial charge in [0.05, 0.1) is 46.4 Å². The van der Waals surface area contributed by atoms with Crippen LogP contribution in [0.4, 0.5) is 0 Å². The van der Waals surface area contributed by atoms with Gasteiger partial charge in [-0.2, -0.15) is 20.1 Å². The largest absolute Gasteiger partial charge is 0.299 e. The minimum absolute atomic E-state index is 0.00727. The molecule has 2 aliphatic heterocycles. The number of nitrogens with zero attached hydrogens (tertiary/aromatic N) is 5. The topological polar surface area (TPSA) is 180 Å². The number of Topliss-reactive ketones (excluding diaryl/α,β-unsaturated/α-hetero) is 2. The summed E-state index contributed by atoms with van der Waals surface area (Å²) in [6.07, 6.45) is 3.56. The molecule has 0 saturated carbocycles. The van der Waals surface area contributed by atoms with E-state index < -0.39 is 26.0 Å². The summed E-state index contributed by atoms with van der Waals surface area (Å²) >= 11 is 11.3. The van der Waals surface area contributed by atoms with E-state index in [1.807, 2.05) is 24.3 Å². The molecular weight excluding hydrogens is 782 g/mol. The molecule has 3 aromatic carbocycles. The fourth-order valence-corrected chi connectivity index (χ4v) is 9.94. The lowest BCUT2D eigenvalue weighted by Crippen LogP contribution is -2.47. The smallest absolute Gasteiger partial charge is 0.214 e. The molecule has 288 valence electrons. The number of halogens is 2. The predicted octanol–water partition coefficient (Wildman–Crippen LogP) is 5.47. The van der Waals surface area contributed by atoms with E-state index in [4.69, 9.17) is 39.0 Å². The van der Waals surface area contributed by atoms with Crippen LogP contribution in [0.25, 0.3) is 6.08 Å². The van der Waals surface area contributed by atoms with Gasteiger partial charge in [-0.05, 0) is 84.8 Å². The van der Waals surface area contributed by atoms with Gasteiger partial charge in [0.1, 0.15) is 5.78 Å². The molecule has 0 aromatic heterocycles. The molecule has 5 rings (SSSR count). The molecule has 2 heterocycles. The fourth-order valence-electron chi connectivity index (χ4n) is 6.31. The van der Waals surface area contributed by atoms with Gasteiger partial charge in [-0.1, -0.05) is 36.4 Å². The number of piperidine rings is 2. The molecule has 55 heavy (non-hydrogen) atoms. The van der Waals surface area contributed by atoms with Gasteiger partial charge in [0.2, 0.25) is 20.0 Å². The van der Waals surface area contributed by atoms with E-state index in [1.165, 1.54) is 8.61 Å². The Morgan fingerprint density at radius 3 is 1.56 bits per heavy atom. The van der Waals surface area contributed by atoms with Crippen LogP contribution in [0.2, 0.25) is 0 Å². The zero-order chi connectivity index (χ0) is 40.0. The Bertz CT molecular complexity index is 2190. The monoisotopic (exact) mass is 821 g/mol. The van der Waals surface area contributed by atoms with Crippen molar-refractivity contribution >= 4 is 60.9 Å². The number of hydrogen-bond donors (Lipinski definition) is 0. The molecule has 3 aromatic rings. The van der Waals surface area contributed by atoms with Crippen LogP contribution in [0.5, 0.6) is 0 Å². The maximum atomic E-state index is 13.3. The first-order chi connectivity index (χ1) is 26.3. The van der Waals surface area contributed by atoms with Gasteiger partial charge < -0.3 is 0 Å². The zero-order valence-electron chi connectivity index (χ0n) is 30.1. The summed E-state index contributed by atoms with van der Waals surface area (Å²) in [5, 5.41) is 26.8. The minimum atomic E-state index is -3.57. The number of hydrogen-bond acceptors (Lipinski definition) is 9. The average molecular weight is 823 g/mol. The molecule has 0 amide bonds. The lowest BCUT2D eigenvalue weighted by Gasteiger charge is -2.33. The summed E-state index contributed by atoms with van der Waals surface area (Å²) in [7, 11) is -6.92. The summed E-state index contributed by atoms with van der Waals surface area (Å²) in [5.74, 6) is -0.364. The van der Waals surface area contributed by atoms with Crippen LogP contribution in [0.3, 0.4) is 0 Å². The summed E-state index contributed by atoms with van der Waals surface area (Å²) in [6.45, 7) is 0.596. The molecule has 0 N–H and O–H groups in total. The first-order valence-electron chi connectivity index (χ1n) is 17.7. The molecule has 11 nitrogen and oxygen atoms in total. The van der Waals surface area contributed by atoms with Gasteiger partial charge in [0.15, 0.2) is 5.78 Å². The molecule has 2 unspecified atom stereocenters. The molecule has 0 bridgehead atoms. The van der Waals surface area contributed by atoms with Crippen molar-refractivity contribution in [3.63, 3.8) is 0 Å². The quantitative estimate of drug-likeness (QED) is 0.160. The Morgan fingerprint density at radius 1 is 0.655 bits per heavy atom. The van der Waals surface area contributed by atoms with Crippen LogP contribution < -0.4 is 0 Å². The molecule has 2 aliphatic rings. The Labute approximate surface area is 333 Å². The van der Waals surface area contributed by atoms with Crippen LogP contribution in [-0.4, -0.2) is 86.5 Å². The summed E-state index contributed by atoms with van der Waals surface area (Å²) in [4.78, 5) is 25.4. The van der Waals surface area contributed by atoms with E-state index in [2.05, 4.69) is 6.07 Å². The van der Waals surface area contributed by atoms with Crippen molar-refractivity contribution in [2.24, 2.45) is 11.8 Å². The van der Waals surface area contributed by atoms with Crippen LogP contribution in [0, 0.1) is 45.8 Å². The number of ketones is 2. The Morgan fingerprint density at radius 2 is 1.09 bits per heavy atom. The number of sulfonamides is 2. The summed E-state index contributed by atoms with van der Waals surface area (Å²) < 4.78 is 53.0. The van der Waals surface area contributed by atoms with Gasteiger partial charge in [0, 0.05) is 61.8 Å². The van der Waals surface area contributed by atoms with E-state index in [1.54, 1.807) is 66.7 Å². The highest BCUT2D eigenvalue weighted by Gasteiger charge is 2.37. The van der Waals surface area contributed by atoms with E-state index in [0.29, 0.717) is 53.8 Å². The number of rotatable bonds is 13. The lowest BCUT2D eigenvalue weighted by atomic mass is 9.87. The van der Waals surface area contributed by atoms with Crippen molar-refractivity contribution in [2.45, 2.75) is 32.1 Å². The average Bonchev–Trinajstić information content (AvgIpc) is 3.19. The van der Waals surface area contributed by atoms with Gasteiger partial charge in [-0.15, -0.1) is 23.2 Å². The van der Waals surface area contributed by atoms with E-state index in [0.717, 1.165) is 16.7 Å². The third-order valence-corrected chi connectivity index (χ3v) is 13.6. The van der Waals surface area contributed by atoms with Crippen LogP contribution in [0.1, 0.15) is 52.6 Å². The lowest BCUT2D eigenvalue weighted by molar-refractivity contribution is -0.125. The standard InChI is InChI=1S/C24H22ClN3O3S.C16H19ClN2O3S/c25-10-1-11-32(30,31)28-16-22(12-18-2-6-20(14-26)7-3-18)24(29)23(17-28)13-19-4-8-21(15-27)9-5-19;17-7-1-9-23(21,22)19-8-6-16(20)15(12-19)10-13-2-4-14(11-18)5-3-13/h2-9,12,23H,1,10-11,13,16-17H2;2-5,15H,1,6-10,12H2/b22-12+;. The molecule has 2 saturated heterocycles. The van der Waals surface area contributed by atoms with Gasteiger partial charge in [-0.25, -0.2) is 21.1 Å². The third-order valence-electron chi connectivity index (χ3n) is 9.31. The van der Waals surface area contributed by atoms with Gasteiger partial charge in [-0.3, -0.25) is 9.59 Å². The highest BCUT2D eigenvalue weighted by molar-refractivity contribution is 7.89. The highest BCUT2D eigenvalue weighted by atomic mass is 35.5. The van der Waals surface area contributed by atoms with Crippen molar-refractivity contribution in [1.29, 1.82) is 15.8 Å². The van der Waals surface area contributed by atoms with E-state index in [-0.39, 0.29) is 67.5 Å². The maximum Gasteiger partial charge on any atom is 0.214 e. The summed E-state index contributed by atoms with van der Waals surface area (Å²) in [5.41, 5.74) is 4.52. The van der Waals surface area contributed by atoms with E-state index >= 15 is 0 Å². The predicted molar refractivity (Wildman–Crippen MR) is 212 cm³/mol. The zero-order valence-corrected chi connectivity index (χ0v) is 33.3. The van der Waals surface area contributed by atoms with Gasteiger partial charge in [0.25, 0.3) is 0 Å². The number of carbonyl (C=O) groups is 2. The second-order valence-corrected chi connectivity index (χ2v) is 18.2. The fraction of sp³-hybridized carbons (Fsp3) is 0.375. The maximum absolute atomic E-state index is 13.3. The van der Waals surface area contributed by atoms with Crippen LogP contribution >= 0.6 is 23.2 Å². The highest BCUT2D eigenvalue weighted by Crippen LogP contribution is 2.27. The van der Waals surface area contributed by atoms with Crippen LogP contribution in [0.15, 0.2) is 78.4 Å². The van der Waals surface area contributed by atoms with Crippen molar-refractivity contribution in [2.75, 3.05) is 49.4 Å². The van der Waals surface area contributed by atoms with Crippen molar-refractivity contribution in [3.05, 3.63) is 112 Å². The molecule has 2 atom stereocenters. The molecule has 0 radical (unpaired) electrons. The Hall–Kier alpha value is -4.39. The number of benzene rings is 3. The third kappa shape index (κ3) is 12.6. The summed E-state index contributed by atoms with van der Waals surface area (Å²) in [6, 6.07) is 26.9. The van der Waals surface area contributed by atoms with Crippen molar-refractivity contribution in [3.8, 4) is 18.2 Å². The number of nitriles is 3. The van der Waals surface area contributed by atoms with E-state index in [9.17, 15) is 26.4 Å². The molecule has 0 spiro atoms. The first-order valence-corrected chi connectivity index (χ1v) is 21.9. The minimum Gasteiger partial charge on any atom is -0.299 e. The first kappa shape index (κ1) is 43.3. The van der Waals surface area contributed by atoms with Crippen LogP contribution in [-0.2, 0) is 42.5 Å². The SMILES string of the molecule is N#Cc1ccc(/C=C2\CN(S(=O)(=O)CCCCl)CC(Cc3ccc(C#N)cc3)C2=O)cc1.N#Cc1ccc(CC2CN(S(=O)(=O)CCCCl)CCC2=O)cc1. The second kappa shape index (κ2) is 20.5. The van der Waals surface area contributed by atoms with Crippen molar-refractivity contribution < 1.29 is 26.4 Å². The van der Waals surface area contributed by atoms with Gasteiger partial charge >= 0.3 is 0 Å². The number of alkyl halides is 2. The second-order valence-electron chi connectivity index (χ2n) is 13.3. The van der Waals surface area contributed by atoms with Crippen molar-refractivity contribution in [1.82, 2.24) is 8.61 Å².